The molecule has 1 amide bonds. The standard InChI is InChI=1S/C11H21N3O3/c1-12-4-3-10(15)14-6-2-5-13(7-8-14)9-11(16)17/h12H,2-9H2,1H3,(H,16,17). The van der Waals surface area contributed by atoms with Crippen molar-refractivity contribution in [3.05, 3.63) is 0 Å². The molecule has 2 N–H and O–H groups in total. The second-order valence-electron chi connectivity index (χ2n) is 4.26. The molecule has 17 heavy (non-hydrogen) atoms. The molecule has 0 unspecified atom stereocenters. The minimum absolute atomic E-state index is 0.0680. The van der Waals surface area contributed by atoms with Crippen LogP contribution in [0, 0.1) is 0 Å². The first kappa shape index (κ1) is 13.9. The highest BCUT2D eigenvalue weighted by Gasteiger charge is 2.19. The molecular weight excluding hydrogens is 222 g/mol. The molecule has 1 saturated heterocycles. The maximum absolute atomic E-state index is 11.8. The minimum atomic E-state index is -0.806. The molecule has 0 aromatic rings. The molecule has 6 heteroatoms. The van der Waals surface area contributed by atoms with E-state index in [9.17, 15) is 9.59 Å². The maximum atomic E-state index is 11.8. The molecule has 0 aromatic heterocycles. The Bertz CT molecular complexity index is 271. The van der Waals surface area contributed by atoms with E-state index < -0.39 is 5.97 Å². The summed E-state index contributed by atoms with van der Waals surface area (Å²) in [6.45, 7) is 3.53. The molecule has 6 nitrogen and oxygen atoms in total. The van der Waals surface area contributed by atoms with Crippen molar-refractivity contribution in [2.75, 3.05) is 46.3 Å². The average Bonchev–Trinajstić information content (AvgIpc) is 2.51. The lowest BCUT2D eigenvalue weighted by Crippen LogP contribution is -2.37. The zero-order chi connectivity index (χ0) is 12.7. The van der Waals surface area contributed by atoms with Crippen LogP contribution in [0.5, 0.6) is 0 Å². The third-order valence-electron chi connectivity index (χ3n) is 2.89. The van der Waals surface area contributed by atoms with Gasteiger partial charge in [-0.15, -0.1) is 0 Å². The first-order valence-electron chi connectivity index (χ1n) is 6.00. The van der Waals surface area contributed by atoms with E-state index in [1.54, 1.807) is 0 Å². The van der Waals surface area contributed by atoms with Crippen molar-refractivity contribution in [1.82, 2.24) is 15.1 Å². The molecule has 1 fully saturated rings. The number of nitrogens with one attached hydrogen (secondary N) is 1. The number of carboxylic acids is 1. The van der Waals surface area contributed by atoms with Crippen LogP contribution in [-0.4, -0.2) is 73.1 Å². The van der Waals surface area contributed by atoms with Crippen molar-refractivity contribution in [1.29, 1.82) is 0 Å². The minimum Gasteiger partial charge on any atom is -0.480 e. The summed E-state index contributed by atoms with van der Waals surface area (Å²) in [6.07, 6.45) is 1.36. The molecular formula is C11H21N3O3. The van der Waals surface area contributed by atoms with Crippen LogP contribution in [0.15, 0.2) is 0 Å². The van der Waals surface area contributed by atoms with Crippen molar-refractivity contribution >= 4 is 11.9 Å². The predicted molar refractivity (Wildman–Crippen MR) is 63.8 cm³/mol. The van der Waals surface area contributed by atoms with Crippen molar-refractivity contribution in [2.45, 2.75) is 12.8 Å². The van der Waals surface area contributed by atoms with Gasteiger partial charge in [-0.1, -0.05) is 0 Å². The van der Waals surface area contributed by atoms with Gasteiger partial charge in [0.15, 0.2) is 0 Å². The predicted octanol–water partition coefficient (Wildman–Crippen LogP) is -0.785. The molecule has 1 rings (SSSR count). The van der Waals surface area contributed by atoms with Gasteiger partial charge in [0.1, 0.15) is 0 Å². The molecule has 98 valence electrons. The zero-order valence-corrected chi connectivity index (χ0v) is 10.3. The Kier molecular flexibility index (Phi) is 5.93. The van der Waals surface area contributed by atoms with E-state index in [-0.39, 0.29) is 12.5 Å². The lowest BCUT2D eigenvalue weighted by molar-refractivity contribution is -0.138. The SMILES string of the molecule is CNCCC(=O)N1CCCN(CC(=O)O)CC1. The summed E-state index contributed by atoms with van der Waals surface area (Å²) >= 11 is 0. The number of rotatable bonds is 5. The molecule has 0 aliphatic carbocycles. The van der Waals surface area contributed by atoms with Gasteiger partial charge in [-0.25, -0.2) is 0 Å². The Hall–Kier alpha value is -1.14. The zero-order valence-electron chi connectivity index (χ0n) is 10.3. The Morgan fingerprint density at radius 1 is 1.24 bits per heavy atom. The summed E-state index contributed by atoms with van der Waals surface area (Å²) in [5.74, 6) is -0.656. The molecule has 1 aliphatic heterocycles. The van der Waals surface area contributed by atoms with E-state index in [1.165, 1.54) is 0 Å². The van der Waals surface area contributed by atoms with Crippen LogP contribution < -0.4 is 5.32 Å². The van der Waals surface area contributed by atoms with Crippen LogP contribution in [0.3, 0.4) is 0 Å². The van der Waals surface area contributed by atoms with Gasteiger partial charge in [0.25, 0.3) is 0 Å². The van der Waals surface area contributed by atoms with E-state index in [0.717, 1.165) is 19.5 Å². The van der Waals surface area contributed by atoms with Gasteiger partial charge in [0.05, 0.1) is 6.54 Å². The third-order valence-corrected chi connectivity index (χ3v) is 2.89. The maximum Gasteiger partial charge on any atom is 0.317 e. The normalized spacial score (nSPS) is 17.8. The number of amides is 1. The van der Waals surface area contributed by atoms with Crippen molar-refractivity contribution in [3.8, 4) is 0 Å². The fourth-order valence-corrected chi connectivity index (χ4v) is 1.96. The topological polar surface area (TPSA) is 72.9 Å². The Balaban J connectivity index is 2.36. The van der Waals surface area contributed by atoms with Crippen LogP contribution in [0.25, 0.3) is 0 Å². The van der Waals surface area contributed by atoms with E-state index >= 15 is 0 Å². The van der Waals surface area contributed by atoms with Gasteiger partial charge in [0.2, 0.25) is 5.91 Å². The fourth-order valence-electron chi connectivity index (χ4n) is 1.96. The summed E-state index contributed by atoms with van der Waals surface area (Å²) in [5, 5.41) is 11.7. The van der Waals surface area contributed by atoms with Crippen LogP contribution >= 0.6 is 0 Å². The van der Waals surface area contributed by atoms with Gasteiger partial charge in [0, 0.05) is 39.1 Å². The number of carbonyl (C=O) groups is 2. The highest BCUT2D eigenvalue weighted by atomic mass is 16.4. The van der Waals surface area contributed by atoms with Crippen molar-refractivity contribution in [2.24, 2.45) is 0 Å². The van der Waals surface area contributed by atoms with Crippen LogP contribution in [-0.2, 0) is 9.59 Å². The molecule has 1 heterocycles. The second-order valence-corrected chi connectivity index (χ2v) is 4.26. The highest BCUT2D eigenvalue weighted by Crippen LogP contribution is 2.04. The number of carbonyl (C=O) groups excluding carboxylic acids is 1. The lowest BCUT2D eigenvalue weighted by atomic mass is 10.3. The summed E-state index contributed by atoms with van der Waals surface area (Å²) in [7, 11) is 1.82. The number of hydrogen-bond donors (Lipinski definition) is 2. The molecule has 0 radical (unpaired) electrons. The highest BCUT2D eigenvalue weighted by molar-refractivity contribution is 5.76. The molecule has 1 aliphatic rings. The molecule has 0 saturated carbocycles. The summed E-state index contributed by atoms with van der Waals surface area (Å²) in [6, 6.07) is 0. The number of hydrogen-bond acceptors (Lipinski definition) is 4. The van der Waals surface area contributed by atoms with Gasteiger partial charge < -0.3 is 15.3 Å². The average molecular weight is 243 g/mol. The first-order chi connectivity index (χ1) is 8.13. The summed E-state index contributed by atoms with van der Waals surface area (Å²) < 4.78 is 0. The third kappa shape index (κ3) is 5.14. The smallest absolute Gasteiger partial charge is 0.317 e. The van der Waals surface area contributed by atoms with E-state index in [4.69, 9.17) is 5.11 Å². The van der Waals surface area contributed by atoms with Gasteiger partial charge >= 0.3 is 5.97 Å². The van der Waals surface area contributed by atoms with Crippen molar-refractivity contribution < 1.29 is 14.7 Å². The molecule has 0 atom stereocenters. The van der Waals surface area contributed by atoms with Crippen LogP contribution in [0.1, 0.15) is 12.8 Å². The Morgan fingerprint density at radius 2 is 2.00 bits per heavy atom. The first-order valence-corrected chi connectivity index (χ1v) is 6.00. The number of carboxylic acid groups (broad SMARTS) is 1. The summed E-state index contributed by atoms with van der Waals surface area (Å²) in [4.78, 5) is 26.1. The van der Waals surface area contributed by atoms with E-state index in [2.05, 4.69) is 5.32 Å². The monoisotopic (exact) mass is 243 g/mol. The lowest BCUT2D eigenvalue weighted by Gasteiger charge is -2.21. The van der Waals surface area contributed by atoms with E-state index in [1.807, 2.05) is 16.8 Å². The molecule has 0 aromatic carbocycles. The van der Waals surface area contributed by atoms with Gasteiger partial charge in [-0.2, -0.15) is 0 Å². The van der Waals surface area contributed by atoms with E-state index in [0.29, 0.717) is 26.1 Å². The largest absolute Gasteiger partial charge is 0.480 e. The molecule has 0 spiro atoms. The Labute approximate surface area is 102 Å². The van der Waals surface area contributed by atoms with Crippen LogP contribution in [0.2, 0.25) is 0 Å². The quantitative estimate of drug-likeness (QED) is 0.662. The number of aliphatic carboxylic acids is 1. The summed E-state index contributed by atoms with van der Waals surface area (Å²) in [5.41, 5.74) is 0. The molecule has 0 bridgehead atoms. The van der Waals surface area contributed by atoms with Crippen LogP contribution in [0.4, 0.5) is 0 Å². The number of nitrogens with zero attached hydrogens (tertiary/aromatic N) is 2. The van der Waals surface area contributed by atoms with Crippen molar-refractivity contribution in [3.63, 3.8) is 0 Å². The van der Waals surface area contributed by atoms with Gasteiger partial charge in [-0.3, -0.25) is 14.5 Å². The van der Waals surface area contributed by atoms with Gasteiger partial charge in [-0.05, 0) is 13.5 Å². The Morgan fingerprint density at radius 3 is 2.65 bits per heavy atom. The second kappa shape index (κ2) is 7.24. The fraction of sp³-hybridized carbons (Fsp3) is 0.818.